The molecule has 6 nitrogen and oxygen atoms in total. The molecular formula is C21H18FN3O3. The van der Waals surface area contributed by atoms with Crippen molar-refractivity contribution in [3.05, 3.63) is 83.6 Å². The highest BCUT2D eigenvalue weighted by atomic mass is 19.1. The molecule has 1 aliphatic rings. The van der Waals surface area contributed by atoms with Gasteiger partial charge in [0.25, 0.3) is 5.91 Å². The lowest BCUT2D eigenvalue weighted by Gasteiger charge is -2.20. The zero-order valence-corrected chi connectivity index (χ0v) is 15.0. The second kappa shape index (κ2) is 8.04. The molecule has 0 saturated carbocycles. The van der Waals surface area contributed by atoms with Gasteiger partial charge >= 0.3 is 0 Å². The number of hydrogen-bond donors (Lipinski definition) is 0. The SMILES string of the molecule is O=C1COc2ccc(OCc3cccnc3)nc2CN1Cc1ccccc1F. The lowest BCUT2D eigenvalue weighted by molar-refractivity contribution is -0.133. The molecule has 1 aliphatic heterocycles. The maximum absolute atomic E-state index is 14.0. The zero-order valence-electron chi connectivity index (χ0n) is 15.0. The van der Waals surface area contributed by atoms with Crippen LogP contribution >= 0.6 is 0 Å². The van der Waals surface area contributed by atoms with Crippen molar-refractivity contribution in [3.63, 3.8) is 0 Å². The summed E-state index contributed by atoms with van der Waals surface area (Å²) in [6.45, 7) is 0.584. The minimum Gasteiger partial charge on any atom is -0.482 e. The van der Waals surface area contributed by atoms with Gasteiger partial charge in [0.15, 0.2) is 6.61 Å². The van der Waals surface area contributed by atoms with E-state index < -0.39 is 0 Å². The Bertz CT molecular complexity index is 982. The summed E-state index contributed by atoms with van der Waals surface area (Å²) < 4.78 is 25.3. The fourth-order valence-electron chi connectivity index (χ4n) is 2.91. The van der Waals surface area contributed by atoms with Crippen LogP contribution in [0.4, 0.5) is 4.39 Å². The van der Waals surface area contributed by atoms with Gasteiger partial charge in [0, 0.05) is 36.1 Å². The number of amides is 1. The van der Waals surface area contributed by atoms with Crippen molar-refractivity contribution >= 4 is 5.91 Å². The number of carbonyl (C=O) groups excluding carboxylic acids is 1. The average Bonchev–Trinajstić information content (AvgIpc) is 2.87. The van der Waals surface area contributed by atoms with Crippen molar-refractivity contribution in [3.8, 4) is 11.6 Å². The molecule has 1 amide bonds. The summed E-state index contributed by atoms with van der Waals surface area (Å²) in [6.07, 6.45) is 3.42. The number of hydrogen-bond acceptors (Lipinski definition) is 5. The summed E-state index contributed by atoms with van der Waals surface area (Å²) >= 11 is 0. The van der Waals surface area contributed by atoms with Crippen LogP contribution in [-0.4, -0.2) is 27.4 Å². The molecule has 142 valence electrons. The Labute approximate surface area is 161 Å². The molecule has 0 aliphatic carbocycles. The van der Waals surface area contributed by atoms with E-state index in [4.69, 9.17) is 9.47 Å². The van der Waals surface area contributed by atoms with Crippen molar-refractivity contribution in [2.75, 3.05) is 6.61 Å². The van der Waals surface area contributed by atoms with E-state index >= 15 is 0 Å². The summed E-state index contributed by atoms with van der Waals surface area (Å²) in [6, 6.07) is 13.6. The molecule has 0 N–H and O–H groups in total. The molecule has 3 heterocycles. The van der Waals surface area contributed by atoms with Gasteiger partial charge in [0.05, 0.1) is 6.54 Å². The van der Waals surface area contributed by atoms with E-state index in [0.717, 1.165) is 5.56 Å². The number of benzene rings is 1. The second-order valence-electron chi connectivity index (χ2n) is 6.37. The van der Waals surface area contributed by atoms with Gasteiger partial charge in [-0.1, -0.05) is 24.3 Å². The van der Waals surface area contributed by atoms with Crippen LogP contribution in [0.1, 0.15) is 16.8 Å². The Balaban J connectivity index is 1.51. The molecule has 7 heteroatoms. The van der Waals surface area contributed by atoms with E-state index in [1.807, 2.05) is 12.1 Å². The minimum atomic E-state index is -0.345. The first kappa shape index (κ1) is 17.9. The normalized spacial score (nSPS) is 13.5. The fraction of sp³-hybridized carbons (Fsp3) is 0.190. The molecule has 0 radical (unpaired) electrons. The largest absolute Gasteiger partial charge is 0.482 e. The van der Waals surface area contributed by atoms with Crippen LogP contribution in [0.15, 0.2) is 60.9 Å². The quantitative estimate of drug-likeness (QED) is 0.682. The number of aromatic nitrogens is 2. The average molecular weight is 379 g/mol. The molecule has 2 aromatic heterocycles. The van der Waals surface area contributed by atoms with Crippen LogP contribution in [0.3, 0.4) is 0 Å². The summed E-state index contributed by atoms with van der Waals surface area (Å²) in [7, 11) is 0. The smallest absolute Gasteiger partial charge is 0.261 e. The van der Waals surface area contributed by atoms with Gasteiger partial charge in [0.2, 0.25) is 5.88 Å². The molecule has 0 bridgehead atoms. The van der Waals surface area contributed by atoms with Gasteiger partial charge in [-0.2, -0.15) is 0 Å². The van der Waals surface area contributed by atoms with E-state index in [1.54, 1.807) is 42.7 Å². The second-order valence-corrected chi connectivity index (χ2v) is 6.37. The summed E-state index contributed by atoms with van der Waals surface area (Å²) in [5.74, 6) is 0.380. The molecule has 0 fully saturated rings. The fourth-order valence-corrected chi connectivity index (χ4v) is 2.91. The monoisotopic (exact) mass is 379 g/mol. The molecule has 1 aromatic carbocycles. The molecular weight excluding hydrogens is 361 g/mol. The van der Waals surface area contributed by atoms with E-state index in [-0.39, 0.29) is 31.4 Å². The first-order chi connectivity index (χ1) is 13.7. The van der Waals surface area contributed by atoms with Crippen molar-refractivity contribution < 1.29 is 18.7 Å². The maximum Gasteiger partial charge on any atom is 0.261 e. The Morgan fingerprint density at radius 2 is 2.04 bits per heavy atom. The first-order valence-electron chi connectivity index (χ1n) is 8.84. The summed E-state index contributed by atoms with van der Waals surface area (Å²) in [5, 5.41) is 0. The van der Waals surface area contributed by atoms with Crippen molar-refractivity contribution in [1.29, 1.82) is 0 Å². The highest BCUT2D eigenvalue weighted by Gasteiger charge is 2.24. The summed E-state index contributed by atoms with van der Waals surface area (Å²) in [5.41, 5.74) is 1.95. The number of fused-ring (bicyclic) bond motifs is 1. The molecule has 0 atom stereocenters. The Morgan fingerprint density at radius 3 is 2.86 bits per heavy atom. The van der Waals surface area contributed by atoms with Crippen LogP contribution < -0.4 is 9.47 Å². The number of ether oxygens (including phenoxy) is 2. The van der Waals surface area contributed by atoms with Crippen LogP contribution in [0.2, 0.25) is 0 Å². The standard InChI is InChI=1S/C21H18FN3O3/c22-17-6-2-1-5-16(17)11-25-12-18-19(27-14-21(25)26)7-8-20(24-18)28-13-15-4-3-9-23-10-15/h1-10H,11-14H2. The third-order valence-electron chi connectivity index (χ3n) is 4.38. The van der Waals surface area contributed by atoms with E-state index in [0.29, 0.717) is 29.5 Å². The Hall–Kier alpha value is -3.48. The van der Waals surface area contributed by atoms with Crippen molar-refractivity contribution in [2.45, 2.75) is 19.7 Å². The van der Waals surface area contributed by atoms with Crippen LogP contribution in [-0.2, 0) is 24.5 Å². The predicted octanol–water partition coefficient (Wildman–Crippen LogP) is 3.12. The number of nitrogens with zero attached hydrogens (tertiary/aromatic N) is 3. The topological polar surface area (TPSA) is 64.5 Å². The van der Waals surface area contributed by atoms with E-state index in [2.05, 4.69) is 9.97 Å². The van der Waals surface area contributed by atoms with Crippen molar-refractivity contribution in [1.82, 2.24) is 14.9 Å². The third kappa shape index (κ3) is 4.09. The molecule has 3 aromatic rings. The number of rotatable bonds is 5. The number of pyridine rings is 2. The lowest BCUT2D eigenvalue weighted by Crippen LogP contribution is -2.32. The first-order valence-corrected chi connectivity index (χ1v) is 8.84. The van der Waals surface area contributed by atoms with Crippen molar-refractivity contribution in [2.24, 2.45) is 0 Å². The molecule has 0 unspecified atom stereocenters. The summed E-state index contributed by atoms with van der Waals surface area (Å²) in [4.78, 5) is 22.5. The Morgan fingerprint density at radius 1 is 1.14 bits per heavy atom. The van der Waals surface area contributed by atoms with Crippen LogP contribution in [0.25, 0.3) is 0 Å². The van der Waals surface area contributed by atoms with Gasteiger partial charge in [-0.05, 0) is 18.2 Å². The highest BCUT2D eigenvalue weighted by molar-refractivity contribution is 5.78. The Kier molecular flexibility index (Phi) is 5.14. The van der Waals surface area contributed by atoms with Gasteiger partial charge in [0.1, 0.15) is 23.9 Å². The molecule has 0 spiro atoms. The van der Waals surface area contributed by atoms with Gasteiger partial charge in [-0.25, -0.2) is 9.37 Å². The molecule has 4 rings (SSSR count). The van der Waals surface area contributed by atoms with Crippen LogP contribution in [0, 0.1) is 5.82 Å². The van der Waals surface area contributed by atoms with E-state index in [1.165, 1.54) is 11.0 Å². The highest BCUT2D eigenvalue weighted by Crippen LogP contribution is 2.26. The van der Waals surface area contributed by atoms with Gasteiger partial charge in [-0.3, -0.25) is 9.78 Å². The van der Waals surface area contributed by atoms with Crippen LogP contribution in [0.5, 0.6) is 11.6 Å². The van der Waals surface area contributed by atoms with Gasteiger partial charge < -0.3 is 14.4 Å². The predicted molar refractivity (Wildman–Crippen MR) is 99.0 cm³/mol. The van der Waals surface area contributed by atoms with Gasteiger partial charge in [-0.15, -0.1) is 0 Å². The minimum absolute atomic E-state index is 0.112. The molecule has 28 heavy (non-hydrogen) atoms. The maximum atomic E-state index is 14.0. The third-order valence-corrected chi connectivity index (χ3v) is 4.38. The number of carbonyl (C=O) groups is 1. The zero-order chi connectivity index (χ0) is 19.3. The molecule has 0 saturated heterocycles. The number of halogens is 1. The lowest BCUT2D eigenvalue weighted by atomic mass is 10.2. The van der Waals surface area contributed by atoms with E-state index in [9.17, 15) is 9.18 Å².